The zero-order chi connectivity index (χ0) is 13.7. The highest BCUT2D eigenvalue weighted by Crippen LogP contribution is 2.24. The number of ketones is 1. The van der Waals surface area contributed by atoms with Crippen LogP contribution in [-0.2, 0) is 11.2 Å². The molecule has 4 nitrogen and oxygen atoms in total. The molecule has 6 heteroatoms. The number of carboxylic acid groups (broad SMARTS) is 1. The van der Waals surface area contributed by atoms with Crippen LogP contribution in [0, 0.1) is 0 Å². The van der Waals surface area contributed by atoms with Crippen molar-refractivity contribution in [1.29, 1.82) is 0 Å². The Hall–Kier alpha value is -1.98. The lowest BCUT2D eigenvalue weighted by atomic mass is 10.0. The molecule has 0 aliphatic carbocycles. The summed E-state index contributed by atoms with van der Waals surface area (Å²) in [6.45, 7) is -1.43. The average Bonchev–Trinajstić information content (AvgIpc) is 2.29. The fraction of sp³-hybridized carbons (Fsp3) is 0.333. The maximum Gasteiger partial charge on any atom is 0.387 e. The van der Waals surface area contributed by atoms with Gasteiger partial charge in [-0.3, -0.25) is 9.59 Å². The molecule has 0 bridgehead atoms. The first-order valence-electron chi connectivity index (χ1n) is 5.26. The van der Waals surface area contributed by atoms with E-state index < -0.39 is 19.0 Å². The van der Waals surface area contributed by atoms with Crippen molar-refractivity contribution < 1.29 is 28.2 Å². The molecule has 0 spiro atoms. The third kappa shape index (κ3) is 3.80. The molecule has 0 atom stereocenters. The second-order valence-corrected chi connectivity index (χ2v) is 3.55. The number of aliphatic carboxylic acids is 1. The molecule has 0 aliphatic rings. The molecule has 0 aromatic heterocycles. The lowest BCUT2D eigenvalue weighted by molar-refractivity contribution is -0.136. The molecule has 98 valence electrons. The van der Waals surface area contributed by atoms with Gasteiger partial charge in [0.15, 0.2) is 5.78 Å². The van der Waals surface area contributed by atoms with E-state index in [1.807, 2.05) is 0 Å². The topological polar surface area (TPSA) is 63.6 Å². The zero-order valence-electron chi connectivity index (χ0n) is 9.65. The van der Waals surface area contributed by atoms with Crippen LogP contribution in [0.4, 0.5) is 8.78 Å². The normalized spacial score (nSPS) is 10.4. The van der Waals surface area contributed by atoms with Crippen molar-refractivity contribution in [3.05, 3.63) is 29.3 Å². The molecule has 1 aromatic rings. The Labute approximate surface area is 102 Å². The number of alkyl halides is 2. The molecule has 1 rings (SSSR count). The van der Waals surface area contributed by atoms with E-state index >= 15 is 0 Å². The van der Waals surface area contributed by atoms with Gasteiger partial charge in [0, 0.05) is 17.5 Å². The van der Waals surface area contributed by atoms with E-state index in [2.05, 4.69) is 4.74 Å². The van der Waals surface area contributed by atoms with E-state index in [0.29, 0.717) is 0 Å². The molecule has 0 radical (unpaired) electrons. The van der Waals surface area contributed by atoms with Crippen LogP contribution in [0.15, 0.2) is 18.2 Å². The maximum absolute atomic E-state index is 12.2. The van der Waals surface area contributed by atoms with Crippen LogP contribution in [0.2, 0.25) is 0 Å². The Kier molecular flexibility index (Phi) is 4.76. The van der Waals surface area contributed by atoms with Crippen molar-refractivity contribution in [3.63, 3.8) is 0 Å². The van der Waals surface area contributed by atoms with Crippen LogP contribution in [0.1, 0.15) is 29.3 Å². The molecule has 1 N–H and O–H groups in total. The molecule has 0 fully saturated rings. The van der Waals surface area contributed by atoms with Gasteiger partial charge in [0.2, 0.25) is 0 Å². The number of benzene rings is 1. The van der Waals surface area contributed by atoms with Gasteiger partial charge < -0.3 is 9.84 Å². The number of hydrogen-bond acceptors (Lipinski definition) is 3. The molecule has 0 unspecified atom stereocenters. The fourth-order valence-electron chi connectivity index (χ4n) is 1.45. The molecular formula is C12H12F2O4. The van der Waals surface area contributed by atoms with Crippen LogP contribution in [0.3, 0.4) is 0 Å². The Bertz CT molecular complexity index is 457. The summed E-state index contributed by atoms with van der Waals surface area (Å²) in [5.41, 5.74) is 0.331. The Balaban J connectivity index is 3.11. The highest BCUT2D eigenvalue weighted by atomic mass is 19.3. The number of carbonyl (C=O) groups is 2. The smallest absolute Gasteiger partial charge is 0.387 e. The van der Waals surface area contributed by atoms with E-state index in [4.69, 9.17) is 5.11 Å². The minimum atomic E-state index is -3.07. The quantitative estimate of drug-likeness (QED) is 0.796. The van der Waals surface area contributed by atoms with Gasteiger partial charge in [0.25, 0.3) is 0 Å². The van der Waals surface area contributed by atoms with Crippen molar-refractivity contribution >= 4 is 11.8 Å². The lowest BCUT2D eigenvalue weighted by Crippen LogP contribution is -2.09. The minimum Gasteiger partial charge on any atom is -0.481 e. The van der Waals surface area contributed by atoms with Gasteiger partial charge in [-0.05, 0) is 6.07 Å². The highest BCUT2D eigenvalue weighted by Gasteiger charge is 2.15. The first-order valence-corrected chi connectivity index (χ1v) is 5.26. The average molecular weight is 258 g/mol. The molecule has 0 saturated carbocycles. The van der Waals surface area contributed by atoms with Crippen molar-refractivity contribution in [1.82, 2.24) is 0 Å². The zero-order valence-corrected chi connectivity index (χ0v) is 9.65. The first-order chi connectivity index (χ1) is 8.43. The molecule has 0 saturated heterocycles. The predicted octanol–water partition coefficient (Wildman–Crippen LogP) is 2.51. The van der Waals surface area contributed by atoms with Crippen LogP contribution in [0.5, 0.6) is 5.75 Å². The summed E-state index contributed by atoms with van der Waals surface area (Å²) in [4.78, 5) is 22.0. The molecular weight excluding hydrogens is 246 g/mol. The number of rotatable bonds is 6. The van der Waals surface area contributed by atoms with E-state index in [9.17, 15) is 18.4 Å². The second kappa shape index (κ2) is 6.09. The maximum atomic E-state index is 12.2. The summed E-state index contributed by atoms with van der Waals surface area (Å²) in [7, 11) is 0. The number of halogens is 2. The first kappa shape index (κ1) is 14.1. The van der Waals surface area contributed by atoms with Gasteiger partial charge in [-0.1, -0.05) is 19.1 Å². The van der Waals surface area contributed by atoms with Gasteiger partial charge >= 0.3 is 12.6 Å². The number of Topliss-reactive ketones (excluding diaryl/α,β-unsaturated/α-hetero) is 1. The van der Waals surface area contributed by atoms with Crippen LogP contribution in [-0.4, -0.2) is 23.5 Å². The summed E-state index contributed by atoms with van der Waals surface area (Å²) in [5.74, 6) is -1.66. The molecule has 0 aliphatic heterocycles. The largest absolute Gasteiger partial charge is 0.481 e. The van der Waals surface area contributed by atoms with Gasteiger partial charge in [-0.15, -0.1) is 0 Å². The van der Waals surface area contributed by atoms with E-state index in [0.717, 1.165) is 6.07 Å². The summed E-state index contributed by atoms with van der Waals surface area (Å²) >= 11 is 0. The van der Waals surface area contributed by atoms with Gasteiger partial charge in [-0.2, -0.15) is 8.78 Å². The summed E-state index contributed by atoms with van der Waals surface area (Å²) < 4.78 is 28.6. The van der Waals surface area contributed by atoms with Crippen LogP contribution < -0.4 is 4.74 Å². The summed E-state index contributed by atoms with van der Waals surface area (Å²) in [6.07, 6.45) is -0.213. The number of hydrogen-bond donors (Lipinski definition) is 1. The fourth-order valence-corrected chi connectivity index (χ4v) is 1.45. The highest BCUT2D eigenvalue weighted by molar-refractivity contribution is 5.96. The predicted molar refractivity (Wildman–Crippen MR) is 59.0 cm³/mol. The van der Waals surface area contributed by atoms with Gasteiger partial charge in [-0.25, -0.2) is 0 Å². The summed E-state index contributed by atoms with van der Waals surface area (Å²) in [6, 6.07) is 3.87. The van der Waals surface area contributed by atoms with E-state index in [-0.39, 0.29) is 29.1 Å². The second-order valence-electron chi connectivity index (χ2n) is 3.55. The minimum absolute atomic E-state index is 0.107. The molecule has 0 heterocycles. The van der Waals surface area contributed by atoms with Crippen LogP contribution >= 0.6 is 0 Å². The standard InChI is InChI=1S/C12H12F2O4/c1-2-9(15)7-3-4-8(6-11(16)17)10(5-7)18-12(13)14/h3-5,12H,2,6H2,1H3,(H,16,17). The number of carbonyl (C=O) groups excluding carboxylic acids is 1. The number of ether oxygens (including phenoxy) is 1. The molecule has 1 aromatic carbocycles. The summed E-state index contributed by atoms with van der Waals surface area (Å²) in [5, 5.41) is 8.64. The Morgan fingerprint density at radius 3 is 2.56 bits per heavy atom. The van der Waals surface area contributed by atoms with Gasteiger partial charge in [0.1, 0.15) is 5.75 Å². The lowest BCUT2D eigenvalue weighted by Gasteiger charge is -2.10. The van der Waals surface area contributed by atoms with Crippen molar-refractivity contribution in [2.45, 2.75) is 26.4 Å². The van der Waals surface area contributed by atoms with Crippen LogP contribution in [0.25, 0.3) is 0 Å². The van der Waals surface area contributed by atoms with Crippen molar-refractivity contribution in [2.24, 2.45) is 0 Å². The number of carboxylic acids is 1. The van der Waals surface area contributed by atoms with E-state index in [1.165, 1.54) is 12.1 Å². The van der Waals surface area contributed by atoms with E-state index in [1.54, 1.807) is 6.92 Å². The Morgan fingerprint density at radius 1 is 1.39 bits per heavy atom. The van der Waals surface area contributed by atoms with Crippen molar-refractivity contribution in [2.75, 3.05) is 0 Å². The Morgan fingerprint density at radius 2 is 2.06 bits per heavy atom. The van der Waals surface area contributed by atoms with Crippen molar-refractivity contribution in [3.8, 4) is 5.75 Å². The van der Waals surface area contributed by atoms with Gasteiger partial charge in [0.05, 0.1) is 6.42 Å². The SMILES string of the molecule is CCC(=O)c1ccc(CC(=O)O)c(OC(F)F)c1. The third-order valence-electron chi connectivity index (χ3n) is 2.27. The molecule has 18 heavy (non-hydrogen) atoms. The monoisotopic (exact) mass is 258 g/mol. The third-order valence-corrected chi connectivity index (χ3v) is 2.27. The molecule has 0 amide bonds.